The summed E-state index contributed by atoms with van der Waals surface area (Å²) in [4.78, 5) is 31.7. The van der Waals surface area contributed by atoms with Gasteiger partial charge < -0.3 is 25.0 Å². The van der Waals surface area contributed by atoms with Gasteiger partial charge in [-0.3, -0.25) is 9.59 Å². The van der Waals surface area contributed by atoms with Gasteiger partial charge in [0.15, 0.2) is 0 Å². The average molecular weight is 462 g/mol. The zero-order valence-corrected chi connectivity index (χ0v) is 17.4. The number of ketones is 1. The molecule has 33 heavy (non-hydrogen) atoms. The number of aliphatic hydroxyl groups excluding tert-OH is 1. The van der Waals surface area contributed by atoms with Crippen molar-refractivity contribution in [3.63, 3.8) is 0 Å². The van der Waals surface area contributed by atoms with Crippen molar-refractivity contribution in [3.05, 3.63) is 59.7 Å². The molecular formula is C22H21F3N4O4. The third-order valence-electron chi connectivity index (χ3n) is 5.22. The SMILES string of the molecule is O=C(C=C1Nc2cc(N3CCOCC3=O)ccc2N1CCCO)c1cccc(C(F)(F)F)n1. The van der Waals surface area contributed by atoms with E-state index in [0.29, 0.717) is 49.0 Å². The van der Waals surface area contributed by atoms with E-state index in [4.69, 9.17) is 4.74 Å². The van der Waals surface area contributed by atoms with Gasteiger partial charge >= 0.3 is 6.18 Å². The van der Waals surface area contributed by atoms with Crippen LogP contribution in [0.25, 0.3) is 0 Å². The van der Waals surface area contributed by atoms with E-state index in [9.17, 15) is 27.9 Å². The Morgan fingerprint density at radius 3 is 2.82 bits per heavy atom. The quantitative estimate of drug-likeness (QED) is 0.504. The van der Waals surface area contributed by atoms with E-state index in [1.807, 2.05) is 0 Å². The van der Waals surface area contributed by atoms with Crippen molar-refractivity contribution in [3.8, 4) is 0 Å². The average Bonchev–Trinajstić information content (AvgIpc) is 3.13. The molecule has 1 aromatic carbocycles. The molecule has 1 fully saturated rings. The molecule has 0 atom stereocenters. The van der Waals surface area contributed by atoms with Crippen LogP contribution in [0, 0.1) is 0 Å². The summed E-state index contributed by atoms with van der Waals surface area (Å²) in [5, 5.41) is 12.4. The first kappa shape index (κ1) is 22.7. The zero-order valence-electron chi connectivity index (χ0n) is 17.4. The minimum Gasteiger partial charge on any atom is -0.396 e. The van der Waals surface area contributed by atoms with Gasteiger partial charge in [0, 0.05) is 31.5 Å². The predicted molar refractivity (Wildman–Crippen MR) is 114 cm³/mol. The van der Waals surface area contributed by atoms with Gasteiger partial charge in [0.2, 0.25) is 5.78 Å². The summed E-state index contributed by atoms with van der Waals surface area (Å²) in [5.74, 6) is -0.528. The van der Waals surface area contributed by atoms with Crippen LogP contribution in [0.4, 0.5) is 30.2 Å². The lowest BCUT2D eigenvalue weighted by Crippen LogP contribution is -2.41. The van der Waals surface area contributed by atoms with Gasteiger partial charge in [-0.25, -0.2) is 4.98 Å². The number of hydrogen-bond donors (Lipinski definition) is 2. The van der Waals surface area contributed by atoms with Gasteiger partial charge in [-0.2, -0.15) is 13.2 Å². The molecule has 3 heterocycles. The molecule has 0 unspecified atom stereocenters. The fourth-order valence-electron chi connectivity index (χ4n) is 3.67. The molecular weight excluding hydrogens is 441 g/mol. The van der Waals surface area contributed by atoms with Crippen molar-refractivity contribution in [2.75, 3.05) is 48.0 Å². The van der Waals surface area contributed by atoms with Gasteiger partial charge in [0.1, 0.15) is 23.8 Å². The number of amides is 1. The highest BCUT2D eigenvalue weighted by Gasteiger charge is 2.33. The zero-order chi connectivity index (χ0) is 23.6. The van der Waals surface area contributed by atoms with Crippen molar-refractivity contribution in [2.45, 2.75) is 12.6 Å². The van der Waals surface area contributed by atoms with Crippen molar-refractivity contribution in [1.29, 1.82) is 0 Å². The lowest BCUT2D eigenvalue weighted by atomic mass is 10.2. The van der Waals surface area contributed by atoms with Crippen LogP contribution in [0.5, 0.6) is 0 Å². The highest BCUT2D eigenvalue weighted by Crippen LogP contribution is 2.39. The van der Waals surface area contributed by atoms with Gasteiger partial charge in [0.05, 0.1) is 18.0 Å². The van der Waals surface area contributed by atoms with Gasteiger partial charge in [-0.1, -0.05) is 6.07 Å². The maximum Gasteiger partial charge on any atom is 0.433 e. The number of nitrogens with zero attached hydrogens (tertiary/aromatic N) is 3. The van der Waals surface area contributed by atoms with Gasteiger partial charge in [-0.15, -0.1) is 0 Å². The predicted octanol–water partition coefficient (Wildman–Crippen LogP) is 2.80. The summed E-state index contributed by atoms with van der Waals surface area (Å²) in [6, 6.07) is 8.47. The Balaban J connectivity index is 1.63. The Hall–Kier alpha value is -3.44. The second-order valence-electron chi connectivity index (χ2n) is 7.45. The molecule has 2 aliphatic rings. The van der Waals surface area contributed by atoms with Crippen LogP contribution < -0.4 is 15.1 Å². The Bertz CT molecular complexity index is 1100. The summed E-state index contributed by atoms with van der Waals surface area (Å²) < 4.78 is 44.1. The molecule has 0 bridgehead atoms. The molecule has 4 rings (SSSR count). The summed E-state index contributed by atoms with van der Waals surface area (Å²) in [5.41, 5.74) is 0.511. The van der Waals surface area contributed by atoms with Gasteiger partial charge in [0.25, 0.3) is 5.91 Å². The number of aliphatic hydroxyl groups is 1. The number of ether oxygens (including phenoxy) is 1. The lowest BCUT2D eigenvalue weighted by Gasteiger charge is -2.27. The van der Waals surface area contributed by atoms with E-state index in [-0.39, 0.29) is 24.8 Å². The molecule has 1 amide bonds. The normalized spacial score (nSPS) is 17.3. The number of rotatable bonds is 6. The molecule has 11 heteroatoms. The number of halogens is 3. The molecule has 0 spiro atoms. The molecule has 174 valence electrons. The summed E-state index contributed by atoms with van der Waals surface area (Å²) in [7, 11) is 0. The first-order valence-corrected chi connectivity index (χ1v) is 10.3. The number of fused-ring (bicyclic) bond motifs is 1. The smallest absolute Gasteiger partial charge is 0.396 e. The van der Waals surface area contributed by atoms with Crippen LogP contribution in [-0.4, -0.2) is 54.7 Å². The van der Waals surface area contributed by atoms with Crippen LogP contribution in [0.15, 0.2) is 48.3 Å². The molecule has 8 nitrogen and oxygen atoms in total. The molecule has 2 aromatic rings. The Morgan fingerprint density at radius 1 is 1.27 bits per heavy atom. The van der Waals surface area contributed by atoms with Crippen molar-refractivity contribution in [2.24, 2.45) is 0 Å². The Kier molecular flexibility index (Phi) is 6.34. The monoisotopic (exact) mass is 462 g/mol. The van der Waals surface area contributed by atoms with Crippen molar-refractivity contribution in [1.82, 2.24) is 4.98 Å². The lowest BCUT2D eigenvalue weighted by molar-refractivity contribution is -0.141. The van der Waals surface area contributed by atoms with Crippen molar-refractivity contribution >= 4 is 28.8 Å². The minimum absolute atomic E-state index is 0.00319. The van der Waals surface area contributed by atoms with Crippen LogP contribution in [0.2, 0.25) is 0 Å². The highest BCUT2D eigenvalue weighted by molar-refractivity contribution is 6.05. The third kappa shape index (κ3) is 4.83. The second kappa shape index (κ2) is 9.20. The van der Waals surface area contributed by atoms with Crippen LogP contribution in [-0.2, 0) is 15.7 Å². The second-order valence-corrected chi connectivity index (χ2v) is 7.45. The minimum atomic E-state index is -4.66. The number of allylic oxidation sites excluding steroid dienone is 1. The van der Waals surface area contributed by atoms with Crippen LogP contribution in [0.3, 0.4) is 0 Å². The van der Waals surface area contributed by atoms with E-state index < -0.39 is 17.7 Å². The van der Waals surface area contributed by atoms with Crippen molar-refractivity contribution < 1.29 is 32.6 Å². The third-order valence-corrected chi connectivity index (χ3v) is 5.22. The maximum absolute atomic E-state index is 13.0. The number of carbonyl (C=O) groups excluding carboxylic acids is 2. The number of aromatic nitrogens is 1. The number of alkyl halides is 3. The summed E-state index contributed by atoms with van der Waals surface area (Å²) in [6.07, 6.45) is -3.08. The molecule has 0 radical (unpaired) electrons. The number of nitrogens with one attached hydrogen (secondary N) is 1. The van der Waals surface area contributed by atoms with Crippen LogP contribution in [0.1, 0.15) is 22.6 Å². The molecule has 1 aromatic heterocycles. The van der Waals surface area contributed by atoms with E-state index >= 15 is 0 Å². The number of anilines is 3. The summed E-state index contributed by atoms with van der Waals surface area (Å²) >= 11 is 0. The first-order valence-electron chi connectivity index (χ1n) is 10.3. The maximum atomic E-state index is 13.0. The Labute approximate surface area is 187 Å². The van der Waals surface area contributed by atoms with E-state index in [1.165, 1.54) is 12.1 Å². The van der Waals surface area contributed by atoms with E-state index in [0.717, 1.165) is 12.1 Å². The largest absolute Gasteiger partial charge is 0.433 e. The first-order chi connectivity index (χ1) is 15.8. The van der Waals surface area contributed by atoms with Gasteiger partial charge in [-0.05, 0) is 36.8 Å². The van der Waals surface area contributed by atoms with E-state index in [2.05, 4.69) is 10.3 Å². The Morgan fingerprint density at radius 2 is 2.09 bits per heavy atom. The molecule has 2 N–H and O–H groups in total. The number of carbonyl (C=O) groups is 2. The molecule has 1 saturated heterocycles. The molecule has 0 aliphatic carbocycles. The topological polar surface area (TPSA) is 95.0 Å². The summed E-state index contributed by atoms with van der Waals surface area (Å²) in [6.45, 7) is 1.11. The molecule has 2 aliphatic heterocycles. The number of morpholine rings is 1. The fourth-order valence-corrected chi connectivity index (χ4v) is 3.67. The number of benzene rings is 1. The van der Waals surface area contributed by atoms with E-state index in [1.54, 1.807) is 28.0 Å². The van der Waals surface area contributed by atoms with Crippen LogP contribution >= 0.6 is 0 Å². The molecule has 0 saturated carbocycles. The number of hydrogen-bond acceptors (Lipinski definition) is 7. The standard InChI is InChI=1S/C22H21F3N4O4/c23-22(24,25)19-4-1-3-15(26-19)18(31)12-20-27-16-11-14(28-8-10-33-13-21(28)32)5-6-17(16)29(20)7-2-9-30/h1,3-6,11-12,27,30H,2,7-10,13H2. The highest BCUT2D eigenvalue weighted by atomic mass is 19.4. The fraction of sp³-hybridized carbons (Fsp3) is 0.318. The number of pyridine rings is 1.